The minimum absolute atomic E-state index is 0.579. The van der Waals surface area contributed by atoms with Crippen molar-refractivity contribution in [3.63, 3.8) is 0 Å². The minimum Gasteiger partial charge on any atom is -0.437 e. The molecule has 2 aromatic rings. The highest BCUT2D eigenvalue weighted by molar-refractivity contribution is 9.11. The monoisotopic (exact) mass is 369 g/mol. The van der Waals surface area contributed by atoms with Crippen LogP contribution in [0.25, 0.3) is 0 Å². The van der Waals surface area contributed by atoms with Crippen molar-refractivity contribution in [2.24, 2.45) is 0 Å². The second kappa shape index (κ2) is 5.41. The summed E-state index contributed by atoms with van der Waals surface area (Å²) in [7, 11) is 0. The van der Waals surface area contributed by atoms with E-state index < -0.39 is 0 Å². The van der Waals surface area contributed by atoms with Crippen LogP contribution in [0, 0.1) is 20.8 Å². The quantitative estimate of drug-likeness (QED) is 0.713. The molecule has 0 saturated carbocycles. The molecule has 0 amide bonds. The van der Waals surface area contributed by atoms with E-state index in [1.54, 1.807) is 6.20 Å². The van der Waals surface area contributed by atoms with Gasteiger partial charge < -0.3 is 4.74 Å². The summed E-state index contributed by atoms with van der Waals surface area (Å²) in [5, 5.41) is 0. The number of hydrogen-bond acceptors (Lipinski definition) is 2. The molecule has 2 nitrogen and oxygen atoms in total. The maximum Gasteiger partial charge on any atom is 0.233 e. The van der Waals surface area contributed by atoms with E-state index in [0.717, 1.165) is 25.8 Å². The van der Waals surface area contributed by atoms with Gasteiger partial charge in [-0.2, -0.15) is 0 Å². The Balaban J connectivity index is 2.43. The third-order valence-electron chi connectivity index (χ3n) is 2.85. The lowest BCUT2D eigenvalue weighted by Gasteiger charge is -2.13. The molecule has 94 valence electrons. The van der Waals surface area contributed by atoms with E-state index in [1.165, 1.54) is 5.56 Å². The van der Waals surface area contributed by atoms with Gasteiger partial charge in [-0.25, -0.2) is 4.98 Å². The van der Waals surface area contributed by atoms with Crippen molar-refractivity contribution < 1.29 is 4.74 Å². The Morgan fingerprint density at radius 2 is 1.72 bits per heavy atom. The molecule has 0 atom stereocenters. The highest BCUT2D eigenvalue weighted by Gasteiger charge is 2.11. The van der Waals surface area contributed by atoms with E-state index in [0.29, 0.717) is 5.88 Å². The van der Waals surface area contributed by atoms with Gasteiger partial charge in [-0.05, 0) is 75.4 Å². The number of halogens is 2. The lowest BCUT2D eigenvalue weighted by molar-refractivity contribution is 0.452. The summed E-state index contributed by atoms with van der Waals surface area (Å²) < 4.78 is 7.67. The maximum atomic E-state index is 5.93. The summed E-state index contributed by atoms with van der Waals surface area (Å²) in [4.78, 5) is 4.27. The number of nitrogens with zero attached hydrogens (tertiary/aromatic N) is 1. The van der Waals surface area contributed by atoms with Crippen molar-refractivity contribution in [2.45, 2.75) is 20.8 Å². The summed E-state index contributed by atoms with van der Waals surface area (Å²) >= 11 is 6.83. The summed E-state index contributed by atoms with van der Waals surface area (Å²) in [6.45, 7) is 6.17. The van der Waals surface area contributed by atoms with Gasteiger partial charge in [0.05, 0.1) is 4.47 Å². The van der Waals surface area contributed by atoms with E-state index in [2.05, 4.69) is 62.8 Å². The Morgan fingerprint density at radius 3 is 2.39 bits per heavy atom. The van der Waals surface area contributed by atoms with Gasteiger partial charge in [-0.15, -0.1) is 0 Å². The van der Waals surface area contributed by atoms with E-state index in [1.807, 2.05) is 13.0 Å². The fourth-order valence-electron chi connectivity index (χ4n) is 1.66. The molecule has 1 aromatic heterocycles. The second-order valence-electron chi connectivity index (χ2n) is 4.20. The van der Waals surface area contributed by atoms with Crippen LogP contribution >= 0.6 is 31.9 Å². The largest absolute Gasteiger partial charge is 0.437 e. The van der Waals surface area contributed by atoms with Crippen molar-refractivity contribution in [1.29, 1.82) is 0 Å². The van der Waals surface area contributed by atoms with Gasteiger partial charge in [0.2, 0.25) is 5.88 Å². The fourth-order valence-corrected chi connectivity index (χ4v) is 2.72. The molecular weight excluding hydrogens is 358 g/mol. The second-order valence-corrected chi connectivity index (χ2v) is 5.97. The molecule has 0 aliphatic heterocycles. The van der Waals surface area contributed by atoms with E-state index >= 15 is 0 Å². The Morgan fingerprint density at radius 1 is 1.06 bits per heavy atom. The van der Waals surface area contributed by atoms with Crippen LogP contribution in [0.3, 0.4) is 0 Å². The Kier molecular flexibility index (Phi) is 4.07. The maximum absolute atomic E-state index is 5.93. The lowest BCUT2D eigenvalue weighted by atomic mass is 10.1. The predicted molar refractivity (Wildman–Crippen MR) is 80.4 cm³/mol. The molecule has 0 fully saturated rings. The average Bonchev–Trinajstić information content (AvgIpc) is 2.32. The molecule has 18 heavy (non-hydrogen) atoms. The van der Waals surface area contributed by atoms with Crippen molar-refractivity contribution in [1.82, 2.24) is 4.98 Å². The van der Waals surface area contributed by atoms with Crippen molar-refractivity contribution in [2.75, 3.05) is 0 Å². The first-order chi connectivity index (χ1) is 8.49. The van der Waals surface area contributed by atoms with Gasteiger partial charge in [-0.3, -0.25) is 0 Å². The normalized spacial score (nSPS) is 10.5. The third-order valence-corrected chi connectivity index (χ3v) is 3.85. The standard InChI is InChI=1S/C14H13Br2NO/c1-8-4-5-9(2)13(10(8)3)18-14-12(16)6-11(15)7-17-14/h4-7H,1-3H3. The molecule has 0 aliphatic carbocycles. The Labute approximate surface area is 124 Å². The minimum atomic E-state index is 0.579. The third kappa shape index (κ3) is 2.75. The first-order valence-electron chi connectivity index (χ1n) is 5.54. The molecule has 4 heteroatoms. The molecule has 0 radical (unpaired) electrons. The van der Waals surface area contributed by atoms with Gasteiger partial charge in [0.25, 0.3) is 0 Å². The summed E-state index contributed by atoms with van der Waals surface area (Å²) in [5.74, 6) is 1.46. The lowest BCUT2D eigenvalue weighted by Crippen LogP contribution is -1.95. The van der Waals surface area contributed by atoms with Crippen LogP contribution in [-0.2, 0) is 0 Å². The fraction of sp³-hybridized carbons (Fsp3) is 0.214. The summed E-state index contributed by atoms with van der Waals surface area (Å²) in [6.07, 6.45) is 1.72. The van der Waals surface area contributed by atoms with Gasteiger partial charge in [0, 0.05) is 10.7 Å². The predicted octanol–water partition coefficient (Wildman–Crippen LogP) is 5.32. The molecule has 0 N–H and O–H groups in total. The highest BCUT2D eigenvalue weighted by Crippen LogP contribution is 2.34. The van der Waals surface area contributed by atoms with E-state index in [-0.39, 0.29) is 0 Å². The van der Waals surface area contributed by atoms with E-state index in [9.17, 15) is 0 Å². The molecule has 0 spiro atoms. The molecule has 2 rings (SSSR count). The summed E-state index contributed by atoms with van der Waals surface area (Å²) in [5.41, 5.74) is 3.46. The van der Waals surface area contributed by atoms with Crippen molar-refractivity contribution in [3.05, 3.63) is 50.0 Å². The van der Waals surface area contributed by atoms with Gasteiger partial charge in [0.15, 0.2) is 0 Å². The Bertz CT molecular complexity index is 597. The van der Waals surface area contributed by atoms with Crippen LogP contribution in [0.1, 0.15) is 16.7 Å². The van der Waals surface area contributed by atoms with Crippen LogP contribution in [0.5, 0.6) is 11.6 Å². The van der Waals surface area contributed by atoms with Crippen molar-refractivity contribution >= 4 is 31.9 Å². The highest BCUT2D eigenvalue weighted by atomic mass is 79.9. The van der Waals surface area contributed by atoms with Crippen LogP contribution < -0.4 is 4.74 Å². The number of benzene rings is 1. The smallest absolute Gasteiger partial charge is 0.233 e. The molecule has 0 aliphatic rings. The number of rotatable bonds is 2. The van der Waals surface area contributed by atoms with Crippen LogP contribution in [0.4, 0.5) is 0 Å². The first kappa shape index (κ1) is 13.6. The first-order valence-corrected chi connectivity index (χ1v) is 7.13. The molecule has 1 heterocycles. The zero-order valence-electron chi connectivity index (χ0n) is 10.4. The van der Waals surface area contributed by atoms with Gasteiger partial charge in [0.1, 0.15) is 5.75 Å². The SMILES string of the molecule is Cc1ccc(C)c(Oc2ncc(Br)cc2Br)c1C. The average molecular weight is 371 g/mol. The topological polar surface area (TPSA) is 22.1 Å². The van der Waals surface area contributed by atoms with Crippen molar-refractivity contribution in [3.8, 4) is 11.6 Å². The number of aryl methyl sites for hydroxylation is 2. The number of hydrogen-bond donors (Lipinski definition) is 0. The number of pyridine rings is 1. The molecule has 1 aromatic carbocycles. The van der Waals surface area contributed by atoms with Gasteiger partial charge in [-0.1, -0.05) is 12.1 Å². The van der Waals surface area contributed by atoms with E-state index in [4.69, 9.17) is 4.74 Å². The Hall–Kier alpha value is -0.870. The van der Waals surface area contributed by atoms with Crippen LogP contribution in [-0.4, -0.2) is 4.98 Å². The summed E-state index contributed by atoms with van der Waals surface area (Å²) in [6, 6.07) is 6.08. The zero-order valence-corrected chi connectivity index (χ0v) is 13.6. The van der Waals surface area contributed by atoms with Crippen LogP contribution in [0.2, 0.25) is 0 Å². The zero-order chi connectivity index (χ0) is 13.3. The molecule has 0 saturated heterocycles. The number of aromatic nitrogens is 1. The number of ether oxygens (including phenoxy) is 1. The molecule has 0 bridgehead atoms. The van der Waals surface area contributed by atoms with Gasteiger partial charge >= 0.3 is 0 Å². The van der Waals surface area contributed by atoms with Crippen LogP contribution in [0.15, 0.2) is 33.3 Å². The molecule has 0 unspecified atom stereocenters. The molecular formula is C14H13Br2NO.